The van der Waals surface area contributed by atoms with Gasteiger partial charge in [0.2, 0.25) is 5.91 Å². The lowest BCUT2D eigenvalue weighted by molar-refractivity contribution is -0.119. The van der Waals surface area contributed by atoms with Crippen molar-refractivity contribution in [2.45, 2.75) is 70.4 Å². The molecule has 1 aliphatic carbocycles. The molecule has 0 aromatic heterocycles. The van der Waals surface area contributed by atoms with Gasteiger partial charge in [0.05, 0.1) is 5.54 Å². The van der Waals surface area contributed by atoms with Crippen LogP contribution in [0.2, 0.25) is 0 Å². The van der Waals surface area contributed by atoms with Crippen molar-refractivity contribution in [2.75, 3.05) is 0 Å². The van der Waals surface area contributed by atoms with Crippen molar-refractivity contribution in [3.8, 4) is 0 Å². The minimum absolute atomic E-state index is 0.187. The van der Waals surface area contributed by atoms with E-state index in [1.165, 1.54) is 0 Å². The maximum atomic E-state index is 11.8. The van der Waals surface area contributed by atoms with Gasteiger partial charge in [-0.2, -0.15) is 0 Å². The summed E-state index contributed by atoms with van der Waals surface area (Å²) in [6.07, 6.45) is 4.44. The number of ether oxygens (including phenoxy) is 1. The summed E-state index contributed by atoms with van der Waals surface area (Å²) < 4.78 is 5.24. The molecule has 1 aliphatic rings. The number of nitrogens with one attached hydrogen (secondary N) is 1. The number of nitrogens with two attached hydrogens (primary N) is 1. The highest BCUT2D eigenvalue weighted by atomic mass is 16.6. The molecule has 0 spiro atoms. The SMILES string of the molecule is CC(C)(C)OC(=O)NC1(CC(N)=O)CCCCC1. The van der Waals surface area contributed by atoms with Crippen molar-refractivity contribution < 1.29 is 14.3 Å². The first-order valence-corrected chi connectivity index (χ1v) is 6.52. The van der Waals surface area contributed by atoms with Crippen molar-refractivity contribution in [3.63, 3.8) is 0 Å². The average molecular weight is 256 g/mol. The van der Waals surface area contributed by atoms with E-state index in [2.05, 4.69) is 5.32 Å². The Morgan fingerprint density at radius 1 is 1.22 bits per heavy atom. The predicted octanol–water partition coefficient (Wildman–Crippen LogP) is 2.09. The van der Waals surface area contributed by atoms with E-state index in [1.54, 1.807) is 0 Å². The molecule has 18 heavy (non-hydrogen) atoms. The first kappa shape index (κ1) is 14.8. The molecule has 0 saturated heterocycles. The Hall–Kier alpha value is -1.26. The minimum atomic E-state index is -0.535. The quantitative estimate of drug-likeness (QED) is 0.811. The number of alkyl carbamates (subject to hydrolysis) is 1. The third-order valence-electron chi connectivity index (χ3n) is 3.09. The first-order valence-electron chi connectivity index (χ1n) is 6.52. The summed E-state index contributed by atoms with van der Waals surface area (Å²) in [6.45, 7) is 5.44. The van der Waals surface area contributed by atoms with Crippen LogP contribution < -0.4 is 11.1 Å². The maximum absolute atomic E-state index is 11.8. The molecular formula is C13H24N2O3. The van der Waals surface area contributed by atoms with Gasteiger partial charge < -0.3 is 15.8 Å². The predicted molar refractivity (Wildman–Crippen MR) is 69.0 cm³/mol. The largest absolute Gasteiger partial charge is 0.444 e. The fraction of sp³-hybridized carbons (Fsp3) is 0.846. The smallest absolute Gasteiger partial charge is 0.408 e. The second-order valence-corrected chi connectivity index (χ2v) is 6.11. The van der Waals surface area contributed by atoms with Crippen molar-refractivity contribution in [3.05, 3.63) is 0 Å². The second-order valence-electron chi connectivity index (χ2n) is 6.11. The molecule has 104 valence electrons. The lowest BCUT2D eigenvalue weighted by Crippen LogP contribution is -2.53. The summed E-state index contributed by atoms with van der Waals surface area (Å²) in [5, 5.41) is 2.86. The van der Waals surface area contributed by atoms with E-state index in [-0.39, 0.29) is 12.3 Å². The molecule has 0 aliphatic heterocycles. The van der Waals surface area contributed by atoms with E-state index in [1.807, 2.05) is 20.8 Å². The normalized spacial score (nSPS) is 19.1. The lowest BCUT2D eigenvalue weighted by atomic mass is 9.79. The van der Waals surface area contributed by atoms with Gasteiger partial charge in [0, 0.05) is 6.42 Å². The average Bonchev–Trinajstić information content (AvgIpc) is 2.13. The Balaban J connectivity index is 2.66. The number of hydrogen-bond donors (Lipinski definition) is 2. The molecule has 0 aromatic rings. The van der Waals surface area contributed by atoms with Gasteiger partial charge in [-0.25, -0.2) is 4.79 Å². The Morgan fingerprint density at radius 2 is 1.78 bits per heavy atom. The van der Waals surface area contributed by atoms with Crippen LogP contribution in [0.25, 0.3) is 0 Å². The molecule has 5 heteroatoms. The third kappa shape index (κ3) is 4.94. The topological polar surface area (TPSA) is 81.4 Å². The van der Waals surface area contributed by atoms with E-state index >= 15 is 0 Å². The van der Waals surface area contributed by atoms with Crippen LogP contribution in [-0.2, 0) is 9.53 Å². The molecule has 0 aromatic carbocycles. The van der Waals surface area contributed by atoms with Crippen LogP contribution in [0.5, 0.6) is 0 Å². The van der Waals surface area contributed by atoms with E-state index < -0.39 is 17.2 Å². The molecule has 3 N–H and O–H groups in total. The van der Waals surface area contributed by atoms with Crippen LogP contribution >= 0.6 is 0 Å². The zero-order valence-corrected chi connectivity index (χ0v) is 11.5. The van der Waals surface area contributed by atoms with Gasteiger partial charge in [-0.3, -0.25) is 4.79 Å². The zero-order valence-electron chi connectivity index (χ0n) is 11.5. The Kier molecular flexibility index (Phi) is 4.59. The van der Waals surface area contributed by atoms with E-state index in [0.717, 1.165) is 32.1 Å². The number of primary amides is 1. The molecule has 0 bridgehead atoms. The Bertz CT molecular complexity index is 315. The lowest BCUT2D eigenvalue weighted by Gasteiger charge is -2.37. The summed E-state index contributed by atoms with van der Waals surface area (Å²) >= 11 is 0. The molecule has 0 radical (unpaired) electrons. The van der Waals surface area contributed by atoms with Gasteiger partial charge in [0.1, 0.15) is 5.60 Å². The van der Waals surface area contributed by atoms with Gasteiger partial charge in [-0.15, -0.1) is 0 Å². The summed E-state index contributed by atoms with van der Waals surface area (Å²) in [5.41, 5.74) is 4.24. The summed E-state index contributed by atoms with van der Waals surface area (Å²) in [7, 11) is 0. The van der Waals surface area contributed by atoms with Gasteiger partial charge in [0.25, 0.3) is 0 Å². The van der Waals surface area contributed by atoms with Gasteiger partial charge in [-0.1, -0.05) is 19.3 Å². The number of amides is 2. The Morgan fingerprint density at radius 3 is 2.22 bits per heavy atom. The second kappa shape index (κ2) is 5.59. The number of rotatable bonds is 3. The van der Waals surface area contributed by atoms with E-state index in [9.17, 15) is 9.59 Å². The number of carbonyl (C=O) groups excluding carboxylic acids is 2. The van der Waals surface area contributed by atoms with E-state index in [4.69, 9.17) is 10.5 Å². The van der Waals surface area contributed by atoms with Crippen LogP contribution in [0.15, 0.2) is 0 Å². The monoisotopic (exact) mass is 256 g/mol. The summed E-state index contributed by atoms with van der Waals surface area (Å²) in [6, 6.07) is 0. The zero-order chi connectivity index (χ0) is 13.8. The molecule has 1 rings (SSSR count). The van der Waals surface area contributed by atoms with Crippen molar-refractivity contribution in [1.29, 1.82) is 0 Å². The van der Waals surface area contributed by atoms with Crippen molar-refractivity contribution in [1.82, 2.24) is 5.32 Å². The van der Waals surface area contributed by atoms with Crippen molar-refractivity contribution >= 4 is 12.0 Å². The molecule has 0 heterocycles. The minimum Gasteiger partial charge on any atom is -0.444 e. The molecule has 1 fully saturated rings. The van der Waals surface area contributed by atoms with Crippen LogP contribution in [-0.4, -0.2) is 23.1 Å². The first-order chi connectivity index (χ1) is 8.22. The molecule has 2 amide bonds. The van der Waals surface area contributed by atoms with Gasteiger partial charge in [-0.05, 0) is 33.6 Å². The highest BCUT2D eigenvalue weighted by Gasteiger charge is 2.36. The fourth-order valence-electron chi connectivity index (χ4n) is 2.43. The van der Waals surface area contributed by atoms with Crippen LogP contribution in [0.1, 0.15) is 59.3 Å². The summed E-state index contributed by atoms with van der Waals surface area (Å²) in [5.74, 6) is -0.382. The Labute approximate surface area is 108 Å². The molecule has 5 nitrogen and oxygen atoms in total. The maximum Gasteiger partial charge on any atom is 0.408 e. The highest BCUT2D eigenvalue weighted by Crippen LogP contribution is 2.31. The number of carbonyl (C=O) groups is 2. The third-order valence-corrected chi connectivity index (χ3v) is 3.09. The van der Waals surface area contributed by atoms with Crippen LogP contribution in [0.3, 0.4) is 0 Å². The number of hydrogen-bond acceptors (Lipinski definition) is 3. The van der Waals surface area contributed by atoms with Crippen molar-refractivity contribution in [2.24, 2.45) is 5.73 Å². The molecule has 0 atom stereocenters. The molecular weight excluding hydrogens is 232 g/mol. The van der Waals surface area contributed by atoms with E-state index in [0.29, 0.717) is 0 Å². The molecule has 0 unspecified atom stereocenters. The fourth-order valence-corrected chi connectivity index (χ4v) is 2.43. The molecule has 1 saturated carbocycles. The standard InChI is InChI=1S/C13H24N2O3/c1-12(2,3)18-11(17)15-13(9-10(14)16)7-5-4-6-8-13/h4-9H2,1-3H3,(H2,14,16)(H,15,17). The highest BCUT2D eigenvalue weighted by molar-refractivity contribution is 5.77. The van der Waals surface area contributed by atoms with Gasteiger partial charge in [0.15, 0.2) is 0 Å². The van der Waals surface area contributed by atoms with Crippen LogP contribution in [0, 0.1) is 0 Å². The van der Waals surface area contributed by atoms with Gasteiger partial charge >= 0.3 is 6.09 Å². The summed E-state index contributed by atoms with van der Waals surface area (Å²) in [4.78, 5) is 23.0. The van der Waals surface area contributed by atoms with Crippen LogP contribution in [0.4, 0.5) is 4.79 Å².